The zero-order valence-corrected chi connectivity index (χ0v) is 12.1. The van der Waals surface area contributed by atoms with Crippen molar-refractivity contribution in [2.75, 3.05) is 13.1 Å². The molecule has 3 heteroatoms. The van der Waals surface area contributed by atoms with E-state index in [9.17, 15) is 0 Å². The average molecular weight is 259 g/mol. The van der Waals surface area contributed by atoms with Crippen molar-refractivity contribution in [1.82, 2.24) is 15.2 Å². The second-order valence-corrected chi connectivity index (χ2v) is 6.43. The predicted octanol–water partition coefficient (Wildman–Crippen LogP) is 2.43. The molecule has 0 amide bonds. The van der Waals surface area contributed by atoms with Gasteiger partial charge in [-0.2, -0.15) is 0 Å². The molecule has 1 aliphatic heterocycles. The van der Waals surface area contributed by atoms with Crippen molar-refractivity contribution in [3.63, 3.8) is 0 Å². The fraction of sp³-hybridized carbons (Fsp3) is 0.688. The average Bonchev–Trinajstić information content (AvgIpc) is 3.25. The van der Waals surface area contributed by atoms with Crippen LogP contribution in [0.5, 0.6) is 0 Å². The van der Waals surface area contributed by atoms with Crippen LogP contribution < -0.4 is 5.32 Å². The van der Waals surface area contributed by atoms with E-state index in [1.54, 1.807) is 0 Å². The minimum Gasteiger partial charge on any atom is -0.309 e. The van der Waals surface area contributed by atoms with Crippen molar-refractivity contribution in [2.24, 2.45) is 5.92 Å². The standard InChI is InChI=1S/C16H25N3/c1-3-16(2)12-19(11-14-6-4-5-9-17-14)15(10-18-16)13-7-8-13/h4-6,9,13,15,18H,3,7-8,10-12H2,1-2H3. The number of pyridine rings is 1. The zero-order valence-electron chi connectivity index (χ0n) is 12.1. The highest BCUT2D eigenvalue weighted by molar-refractivity contribution is 5.06. The lowest BCUT2D eigenvalue weighted by Crippen LogP contribution is -2.62. The molecule has 1 aliphatic carbocycles. The highest BCUT2D eigenvalue weighted by Crippen LogP contribution is 2.38. The van der Waals surface area contributed by atoms with Gasteiger partial charge >= 0.3 is 0 Å². The van der Waals surface area contributed by atoms with Crippen LogP contribution in [-0.2, 0) is 6.54 Å². The fourth-order valence-corrected chi connectivity index (χ4v) is 3.16. The molecule has 3 rings (SSSR count). The molecule has 2 aliphatic rings. The minimum absolute atomic E-state index is 0.264. The topological polar surface area (TPSA) is 28.2 Å². The van der Waals surface area contributed by atoms with Gasteiger partial charge in [0.15, 0.2) is 0 Å². The summed E-state index contributed by atoms with van der Waals surface area (Å²) in [6.45, 7) is 7.91. The third kappa shape index (κ3) is 2.98. The smallest absolute Gasteiger partial charge is 0.0544 e. The monoisotopic (exact) mass is 259 g/mol. The van der Waals surface area contributed by atoms with Gasteiger partial charge in [-0.25, -0.2) is 0 Å². The number of piperazine rings is 1. The van der Waals surface area contributed by atoms with Crippen LogP contribution in [0.1, 0.15) is 38.8 Å². The van der Waals surface area contributed by atoms with E-state index in [0.717, 1.165) is 25.6 Å². The molecule has 3 nitrogen and oxygen atoms in total. The van der Waals surface area contributed by atoms with E-state index in [1.165, 1.54) is 25.0 Å². The van der Waals surface area contributed by atoms with Crippen molar-refractivity contribution in [3.05, 3.63) is 30.1 Å². The molecule has 1 saturated heterocycles. The maximum Gasteiger partial charge on any atom is 0.0544 e. The second-order valence-electron chi connectivity index (χ2n) is 6.43. The van der Waals surface area contributed by atoms with E-state index in [4.69, 9.17) is 0 Å². The number of rotatable bonds is 4. The first kappa shape index (κ1) is 13.1. The van der Waals surface area contributed by atoms with Crippen LogP contribution >= 0.6 is 0 Å². The number of nitrogens with one attached hydrogen (secondary N) is 1. The summed E-state index contributed by atoms with van der Waals surface area (Å²) in [6.07, 6.45) is 5.91. The normalized spacial score (nSPS) is 32.4. The summed E-state index contributed by atoms with van der Waals surface area (Å²) in [4.78, 5) is 7.17. The van der Waals surface area contributed by atoms with Crippen molar-refractivity contribution < 1.29 is 0 Å². The molecule has 1 aromatic rings. The van der Waals surface area contributed by atoms with Crippen LogP contribution in [0.2, 0.25) is 0 Å². The molecule has 2 heterocycles. The van der Waals surface area contributed by atoms with Crippen LogP contribution in [0.15, 0.2) is 24.4 Å². The second kappa shape index (κ2) is 5.22. The molecule has 0 spiro atoms. The van der Waals surface area contributed by atoms with Crippen molar-refractivity contribution in [3.8, 4) is 0 Å². The molecule has 19 heavy (non-hydrogen) atoms. The summed E-state index contributed by atoms with van der Waals surface area (Å²) in [7, 11) is 0. The maximum absolute atomic E-state index is 4.50. The molecule has 0 radical (unpaired) electrons. The Labute approximate surface area is 116 Å². The van der Waals surface area contributed by atoms with Crippen LogP contribution in [0.25, 0.3) is 0 Å². The first-order valence-corrected chi connectivity index (χ1v) is 7.59. The molecule has 1 aromatic heterocycles. The van der Waals surface area contributed by atoms with Crippen LogP contribution in [-0.4, -0.2) is 34.6 Å². The minimum atomic E-state index is 0.264. The molecule has 2 unspecified atom stereocenters. The van der Waals surface area contributed by atoms with Gasteiger partial charge in [0.25, 0.3) is 0 Å². The van der Waals surface area contributed by atoms with Crippen molar-refractivity contribution >= 4 is 0 Å². The van der Waals surface area contributed by atoms with Gasteiger partial charge in [0.05, 0.1) is 5.69 Å². The van der Waals surface area contributed by atoms with E-state index in [-0.39, 0.29) is 5.54 Å². The third-order valence-electron chi connectivity index (χ3n) is 4.80. The Morgan fingerprint density at radius 1 is 1.42 bits per heavy atom. The molecule has 0 aromatic carbocycles. The van der Waals surface area contributed by atoms with Gasteiger partial charge in [-0.05, 0) is 44.2 Å². The Hall–Kier alpha value is -0.930. The number of nitrogens with zero attached hydrogens (tertiary/aromatic N) is 2. The van der Waals surface area contributed by atoms with Crippen LogP contribution in [0.4, 0.5) is 0 Å². The van der Waals surface area contributed by atoms with Gasteiger partial charge < -0.3 is 5.32 Å². The number of hydrogen-bond donors (Lipinski definition) is 1. The lowest BCUT2D eigenvalue weighted by Gasteiger charge is -2.46. The van der Waals surface area contributed by atoms with E-state index in [2.05, 4.69) is 41.2 Å². The highest BCUT2D eigenvalue weighted by Gasteiger charge is 2.41. The molecule has 104 valence electrons. The highest BCUT2D eigenvalue weighted by atomic mass is 15.3. The molecule has 2 fully saturated rings. The quantitative estimate of drug-likeness (QED) is 0.900. The molecular formula is C16H25N3. The summed E-state index contributed by atoms with van der Waals surface area (Å²) in [5.74, 6) is 0.914. The summed E-state index contributed by atoms with van der Waals surface area (Å²) < 4.78 is 0. The number of hydrogen-bond acceptors (Lipinski definition) is 3. The predicted molar refractivity (Wildman–Crippen MR) is 77.9 cm³/mol. The Morgan fingerprint density at radius 3 is 2.89 bits per heavy atom. The molecule has 2 atom stereocenters. The van der Waals surface area contributed by atoms with Gasteiger partial charge in [0.2, 0.25) is 0 Å². The first-order chi connectivity index (χ1) is 9.20. The van der Waals surface area contributed by atoms with Crippen LogP contribution in [0.3, 0.4) is 0 Å². The van der Waals surface area contributed by atoms with Gasteiger partial charge in [-0.3, -0.25) is 9.88 Å². The molecule has 0 bridgehead atoms. The molecule has 1 saturated carbocycles. The lowest BCUT2D eigenvalue weighted by atomic mass is 9.92. The zero-order chi connectivity index (χ0) is 13.3. The summed E-state index contributed by atoms with van der Waals surface area (Å²) in [5.41, 5.74) is 1.47. The molecule has 1 N–H and O–H groups in total. The van der Waals surface area contributed by atoms with Crippen molar-refractivity contribution in [2.45, 2.75) is 51.2 Å². The maximum atomic E-state index is 4.50. The fourth-order valence-electron chi connectivity index (χ4n) is 3.16. The third-order valence-corrected chi connectivity index (χ3v) is 4.80. The van der Waals surface area contributed by atoms with Gasteiger partial charge in [0, 0.05) is 37.4 Å². The Kier molecular flexibility index (Phi) is 3.59. The first-order valence-electron chi connectivity index (χ1n) is 7.59. The Balaban J connectivity index is 1.73. The van der Waals surface area contributed by atoms with E-state index in [1.807, 2.05) is 12.3 Å². The van der Waals surface area contributed by atoms with Crippen molar-refractivity contribution in [1.29, 1.82) is 0 Å². The Morgan fingerprint density at radius 2 is 2.26 bits per heavy atom. The summed E-state index contributed by atoms with van der Waals surface area (Å²) >= 11 is 0. The SMILES string of the molecule is CCC1(C)CN(Cc2ccccn2)C(C2CC2)CN1. The van der Waals surface area contributed by atoms with Gasteiger partial charge in [0.1, 0.15) is 0 Å². The number of aromatic nitrogens is 1. The van der Waals surface area contributed by atoms with Gasteiger partial charge in [-0.15, -0.1) is 0 Å². The van der Waals surface area contributed by atoms with Crippen LogP contribution in [0, 0.1) is 5.92 Å². The largest absolute Gasteiger partial charge is 0.309 e. The van der Waals surface area contributed by atoms with E-state index >= 15 is 0 Å². The van der Waals surface area contributed by atoms with E-state index < -0.39 is 0 Å². The lowest BCUT2D eigenvalue weighted by molar-refractivity contribution is 0.0652. The Bertz CT molecular complexity index is 415. The van der Waals surface area contributed by atoms with E-state index in [0.29, 0.717) is 6.04 Å². The van der Waals surface area contributed by atoms with Gasteiger partial charge in [-0.1, -0.05) is 13.0 Å². The molecular weight excluding hydrogens is 234 g/mol. The summed E-state index contributed by atoms with van der Waals surface area (Å²) in [6, 6.07) is 6.95. The summed E-state index contributed by atoms with van der Waals surface area (Å²) in [5, 5.41) is 3.77.